The van der Waals surface area contributed by atoms with E-state index in [2.05, 4.69) is 20.9 Å². The highest BCUT2D eigenvalue weighted by atomic mass is 79.9. The van der Waals surface area contributed by atoms with E-state index in [1.54, 1.807) is 18.4 Å². The number of fused-ring (bicyclic) bond motifs is 1. The molecule has 12 heavy (non-hydrogen) atoms. The molecule has 0 N–H and O–H groups in total. The molecule has 1 heterocycles. The molecule has 0 aliphatic heterocycles. The zero-order valence-corrected chi connectivity index (χ0v) is 8.78. The molecule has 2 aromatic rings. The van der Waals surface area contributed by atoms with Crippen molar-refractivity contribution in [1.29, 1.82) is 0 Å². The number of thiazole rings is 1. The molecule has 0 aliphatic rings. The van der Waals surface area contributed by atoms with E-state index < -0.39 is 0 Å². The Morgan fingerprint density at radius 1 is 1.50 bits per heavy atom. The Kier molecular flexibility index (Phi) is 2.02. The van der Waals surface area contributed by atoms with E-state index in [4.69, 9.17) is 4.74 Å². The molecule has 1 aromatic carbocycles. The second kappa shape index (κ2) is 3.03. The lowest BCUT2D eigenvalue weighted by Gasteiger charge is -2.01. The highest BCUT2D eigenvalue weighted by molar-refractivity contribution is 9.10. The van der Waals surface area contributed by atoms with Gasteiger partial charge >= 0.3 is 0 Å². The third-order valence-corrected chi connectivity index (χ3v) is 3.19. The first kappa shape index (κ1) is 8.01. The summed E-state index contributed by atoms with van der Waals surface area (Å²) >= 11 is 5.06. The van der Waals surface area contributed by atoms with Crippen molar-refractivity contribution < 1.29 is 4.74 Å². The fraction of sp³-hybridized carbons (Fsp3) is 0.125. The normalized spacial score (nSPS) is 10.5. The molecule has 4 heteroatoms. The predicted molar refractivity (Wildman–Crippen MR) is 53.9 cm³/mol. The Hall–Kier alpha value is -0.610. The fourth-order valence-electron chi connectivity index (χ4n) is 1.04. The highest BCUT2D eigenvalue weighted by Crippen LogP contribution is 2.33. The van der Waals surface area contributed by atoms with Crippen LogP contribution < -0.4 is 4.74 Å². The summed E-state index contributed by atoms with van der Waals surface area (Å²) in [5, 5.41) is 0. The molecule has 0 radical (unpaired) electrons. The van der Waals surface area contributed by atoms with Gasteiger partial charge in [0.1, 0.15) is 5.75 Å². The Morgan fingerprint density at radius 3 is 3.08 bits per heavy atom. The molecule has 2 nitrogen and oxygen atoms in total. The Bertz CT molecular complexity index is 412. The van der Waals surface area contributed by atoms with Crippen molar-refractivity contribution in [2.24, 2.45) is 0 Å². The summed E-state index contributed by atoms with van der Waals surface area (Å²) in [5.41, 5.74) is 2.80. The Balaban J connectivity index is 2.78. The summed E-state index contributed by atoms with van der Waals surface area (Å²) in [6.07, 6.45) is 0. The SMILES string of the molecule is COc1ccc2scnc2c1Br. The lowest BCUT2D eigenvalue weighted by atomic mass is 10.3. The van der Waals surface area contributed by atoms with Crippen molar-refractivity contribution in [2.75, 3.05) is 7.11 Å². The van der Waals surface area contributed by atoms with E-state index >= 15 is 0 Å². The molecule has 0 saturated carbocycles. The summed E-state index contributed by atoms with van der Waals surface area (Å²) in [5.74, 6) is 0.827. The standard InChI is InChI=1S/C8H6BrNOS/c1-11-5-2-3-6-8(7(5)9)10-4-12-6/h2-4H,1H3. The van der Waals surface area contributed by atoms with Crippen LogP contribution in [0.1, 0.15) is 0 Å². The van der Waals surface area contributed by atoms with Crippen molar-refractivity contribution in [1.82, 2.24) is 4.98 Å². The number of methoxy groups -OCH3 is 1. The number of nitrogens with zero attached hydrogens (tertiary/aromatic N) is 1. The van der Waals surface area contributed by atoms with Crippen LogP contribution in [0.15, 0.2) is 22.1 Å². The van der Waals surface area contributed by atoms with Crippen LogP contribution in [-0.2, 0) is 0 Å². The predicted octanol–water partition coefficient (Wildman–Crippen LogP) is 3.07. The lowest BCUT2D eigenvalue weighted by molar-refractivity contribution is 0.413. The van der Waals surface area contributed by atoms with Gasteiger partial charge in [-0.25, -0.2) is 4.98 Å². The van der Waals surface area contributed by atoms with Crippen LogP contribution in [0, 0.1) is 0 Å². The van der Waals surface area contributed by atoms with Crippen LogP contribution >= 0.6 is 27.3 Å². The second-order valence-electron chi connectivity index (χ2n) is 2.28. The summed E-state index contributed by atoms with van der Waals surface area (Å²) in [6, 6.07) is 3.95. The van der Waals surface area contributed by atoms with Gasteiger partial charge in [-0.3, -0.25) is 0 Å². The Labute approximate surface area is 82.3 Å². The average Bonchev–Trinajstić information content (AvgIpc) is 2.53. The first-order chi connectivity index (χ1) is 5.83. The third kappa shape index (κ3) is 1.11. The van der Waals surface area contributed by atoms with Crippen LogP contribution in [0.4, 0.5) is 0 Å². The van der Waals surface area contributed by atoms with Gasteiger partial charge in [-0.15, -0.1) is 11.3 Å². The van der Waals surface area contributed by atoms with Crippen molar-refractivity contribution in [3.8, 4) is 5.75 Å². The molecule has 2 rings (SSSR count). The molecule has 0 aliphatic carbocycles. The molecule has 62 valence electrons. The van der Waals surface area contributed by atoms with Crippen molar-refractivity contribution in [3.05, 3.63) is 22.1 Å². The molecular formula is C8H6BrNOS. The molecular weight excluding hydrogens is 238 g/mol. The zero-order valence-electron chi connectivity index (χ0n) is 6.37. The number of aromatic nitrogens is 1. The van der Waals surface area contributed by atoms with Gasteiger partial charge in [0.2, 0.25) is 0 Å². The van der Waals surface area contributed by atoms with Crippen molar-refractivity contribution >= 4 is 37.5 Å². The first-order valence-electron chi connectivity index (χ1n) is 3.38. The molecule has 0 amide bonds. The highest BCUT2D eigenvalue weighted by Gasteiger charge is 2.06. The van der Waals surface area contributed by atoms with Crippen LogP contribution in [0.5, 0.6) is 5.75 Å². The minimum atomic E-state index is 0.827. The first-order valence-corrected chi connectivity index (χ1v) is 5.06. The molecule has 0 atom stereocenters. The van der Waals surface area contributed by atoms with Gasteiger partial charge in [0.15, 0.2) is 0 Å². The molecule has 0 saturated heterocycles. The van der Waals surface area contributed by atoms with Crippen LogP contribution in [0.3, 0.4) is 0 Å². The molecule has 0 spiro atoms. The topological polar surface area (TPSA) is 22.1 Å². The average molecular weight is 244 g/mol. The van der Waals surface area contributed by atoms with Gasteiger partial charge in [-0.1, -0.05) is 0 Å². The van der Waals surface area contributed by atoms with E-state index in [0.717, 1.165) is 15.7 Å². The summed E-state index contributed by atoms with van der Waals surface area (Å²) < 4.78 is 7.24. The van der Waals surface area contributed by atoms with Crippen molar-refractivity contribution in [2.45, 2.75) is 0 Å². The number of rotatable bonds is 1. The minimum absolute atomic E-state index is 0.827. The fourth-order valence-corrected chi connectivity index (χ4v) is 2.46. The largest absolute Gasteiger partial charge is 0.495 e. The summed E-state index contributed by atoms with van der Waals surface area (Å²) in [6.45, 7) is 0. The smallest absolute Gasteiger partial charge is 0.135 e. The lowest BCUT2D eigenvalue weighted by Crippen LogP contribution is -1.83. The summed E-state index contributed by atoms with van der Waals surface area (Å²) in [4.78, 5) is 4.22. The molecule has 0 fully saturated rings. The summed E-state index contributed by atoms with van der Waals surface area (Å²) in [7, 11) is 1.65. The van der Waals surface area contributed by atoms with E-state index in [1.807, 2.05) is 17.6 Å². The third-order valence-electron chi connectivity index (χ3n) is 1.63. The maximum absolute atomic E-state index is 5.14. The monoisotopic (exact) mass is 243 g/mol. The quantitative estimate of drug-likeness (QED) is 0.769. The molecule has 0 bridgehead atoms. The zero-order chi connectivity index (χ0) is 8.55. The minimum Gasteiger partial charge on any atom is -0.495 e. The maximum atomic E-state index is 5.14. The Morgan fingerprint density at radius 2 is 2.33 bits per heavy atom. The maximum Gasteiger partial charge on any atom is 0.135 e. The van der Waals surface area contributed by atoms with E-state index in [1.165, 1.54) is 4.70 Å². The number of hydrogen-bond donors (Lipinski definition) is 0. The van der Waals surface area contributed by atoms with Gasteiger partial charge < -0.3 is 4.74 Å². The number of benzene rings is 1. The number of hydrogen-bond acceptors (Lipinski definition) is 3. The van der Waals surface area contributed by atoms with E-state index in [9.17, 15) is 0 Å². The van der Waals surface area contributed by atoms with Crippen LogP contribution in [0.2, 0.25) is 0 Å². The van der Waals surface area contributed by atoms with Gasteiger partial charge in [0.25, 0.3) is 0 Å². The van der Waals surface area contributed by atoms with Gasteiger partial charge in [-0.05, 0) is 28.1 Å². The van der Waals surface area contributed by atoms with Gasteiger partial charge in [0, 0.05) is 0 Å². The van der Waals surface area contributed by atoms with Crippen LogP contribution in [0.25, 0.3) is 10.2 Å². The molecule has 1 aromatic heterocycles. The second-order valence-corrected chi connectivity index (χ2v) is 3.96. The van der Waals surface area contributed by atoms with Crippen molar-refractivity contribution in [3.63, 3.8) is 0 Å². The number of ether oxygens (including phenoxy) is 1. The van der Waals surface area contributed by atoms with Gasteiger partial charge in [0.05, 0.1) is 27.3 Å². The van der Waals surface area contributed by atoms with E-state index in [-0.39, 0.29) is 0 Å². The van der Waals surface area contributed by atoms with E-state index in [0.29, 0.717) is 0 Å². The van der Waals surface area contributed by atoms with Crippen LogP contribution in [-0.4, -0.2) is 12.1 Å². The van der Waals surface area contributed by atoms with Gasteiger partial charge in [-0.2, -0.15) is 0 Å². The number of halogens is 1. The molecule has 0 unspecified atom stereocenters.